The Morgan fingerprint density at radius 3 is 2.42 bits per heavy atom. The molecule has 0 aliphatic heterocycles. The molecule has 1 rings (SSSR count). The summed E-state index contributed by atoms with van der Waals surface area (Å²) in [5.41, 5.74) is 0.116. The fourth-order valence-electron chi connectivity index (χ4n) is 1.41. The van der Waals surface area contributed by atoms with Crippen LogP contribution in [0.25, 0.3) is 0 Å². The molecule has 0 amide bonds. The zero-order chi connectivity index (χ0) is 14.6. The van der Waals surface area contributed by atoms with Crippen molar-refractivity contribution in [1.29, 1.82) is 0 Å². The molecule has 19 heavy (non-hydrogen) atoms. The van der Waals surface area contributed by atoms with Gasteiger partial charge in [-0.15, -0.1) is 0 Å². The Morgan fingerprint density at radius 1 is 1.26 bits per heavy atom. The Hall–Kier alpha value is -1.36. The quantitative estimate of drug-likeness (QED) is 0.846. The number of thiocarbonyl (C=S) groups is 1. The molecular weight excluding hydrogens is 265 g/mol. The molecule has 1 N–H and O–H groups in total. The first-order chi connectivity index (χ1) is 8.65. The van der Waals surface area contributed by atoms with Crippen molar-refractivity contribution in [3.05, 3.63) is 24.0 Å². The largest absolute Gasteiger partial charge is 0.488 e. The SMILES string of the molecule is CC(C)OC(=S)Nc1cc(F)cc(OC(C)(C)C)c1. The summed E-state index contributed by atoms with van der Waals surface area (Å²) in [4.78, 5) is 0. The normalized spacial score (nSPS) is 11.3. The lowest BCUT2D eigenvalue weighted by atomic mass is 10.2. The third-order valence-electron chi connectivity index (χ3n) is 1.88. The van der Waals surface area contributed by atoms with E-state index in [1.165, 1.54) is 12.1 Å². The van der Waals surface area contributed by atoms with Crippen LogP contribution in [-0.2, 0) is 4.74 Å². The molecule has 3 nitrogen and oxygen atoms in total. The van der Waals surface area contributed by atoms with Crippen LogP contribution >= 0.6 is 12.2 Å². The molecule has 1 aromatic carbocycles. The second kappa shape index (κ2) is 6.19. The van der Waals surface area contributed by atoms with Crippen LogP contribution in [0.4, 0.5) is 10.1 Å². The van der Waals surface area contributed by atoms with Crippen LogP contribution in [0.3, 0.4) is 0 Å². The predicted octanol–water partition coefficient (Wildman–Crippen LogP) is 4.12. The van der Waals surface area contributed by atoms with Crippen LogP contribution in [0.15, 0.2) is 18.2 Å². The van der Waals surface area contributed by atoms with Gasteiger partial charge in [-0.2, -0.15) is 0 Å². The Kier molecular flexibility index (Phi) is 5.11. The lowest BCUT2D eigenvalue weighted by Gasteiger charge is -2.22. The maximum absolute atomic E-state index is 13.5. The monoisotopic (exact) mass is 285 g/mol. The first kappa shape index (κ1) is 15.7. The summed E-state index contributed by atoms with van der Waals surface area (Å²) in [6.07, 6.45) is -0.0288. The molecule has 0 aromatic heterocycles. The standard InChI is InChI=1S/C14H20FNO2S/c1-9(2)17-13(19)16-11-6-10(15)7-12(8-11)18-14(3,4)5/h6-9H,1-5H3,(H,16,19). The molecule has 0 saturated carbocycles. The summed E-state index contributed by atoms with van der Waals surface area (Å²) in [7, 11) is 0. The van der Waals surface area contributed by atoms with Gasteiger partial charge in [0.25, 0.3) is 5.17 Å². The summed E-state index contributed by atoms with van der Waals surface area (Å²) in [6, 6.07) is 4.36. The van der Waals surface area contributed by atoms with Crippen molar-refractivity contribution in [2.24, 2.45) is 0 Å². The highest BCUT2D eigenvalue weighted by Gasteiger charge is 2.13. The van der Waals surface area contributed by atoms with Gasteiger partial charge >= 0.3 is 0 Å². The van der Waals surface area contributed by atoms with Gasteiger partial charge in [0.2, 0.25) is 0 Å². The fourth-order valence-corrected chi connectivity index (χ4v) is 1.72. The van der Waals surface area contributed by atoms with Gasteiger partial charge in [0, 0.05) is 17.8 Å². The number of nitrogens with one attached hydrogen (secondary N) is 1. The van der Waals surface area contributed by atoms with Crippen LogP contribution in [0, 0.1) is 5.82 Å². The van der Waals surface area contributed by atoms with E-state index in [-0.39, 0.29) is 16.9 Å². The molecule has 106 valence electrons. The molecule has 0 saturated heterocycles. The molecule has 0 aliphatic carbocycles. The average Bonchev–Trinajstić information content (AvgIpc) is 2.10. The maximum atomic E-state index is 13.5. The number of benzene rings is 1. The third-order valence-corrected chi connectivity index (χ3v) is 2.08. The first-order valence-corrected chi connectivity index (χ1v) is 6.54. The summed E-state index contributed by atoms with van der Waals surface area (Å²) in [6.45, 7) is 9.44. The van der Waals surface area contributed by atoms with Crippen LogP contribution in [-0.4, -0.2) is 16.9 Å². The molecule has 0 aliphatic rings. The summed E-state index contributed by atoms with van der Waals surface area (Å²) >= 11 is 5.01. The van der Waals surface area contributed by atoms with E-state index in [0.717, 1.165) is 0 Å². The molecule has 0 fully saturated rings. The van der Waals surface area contributed by atoms with Crippen molar-refractivity contribution in [2.75, 3.05) is 5.32 Å². The van der Waals surface area contributed by atoms with Crippen LogP contribution in [0.1, 0.15) is 34.6 Å². The Balaban J connectivity index is 2.82. The van der Waals surface area contributed by atoms with Gasteiger partial charge in [-0.3, -0.25) is 0 Å². The van der Waals surface area contributed by atoms with Crippen molar-refractivity contribution in [3.63, 3.8) is 0 Å². The predicted molar refractivity (Wildman–Crippen MR) is 79.2 cm³/mol. The van der Waals surface area contributed by atoms with Gasteiger partial charge in [0.05, 0.1) is 6.10 Å². The minimum atomic E-state index is -0.392. The molecule has 0 bridgehead atoms. The van der Waals surface area contributed by atoms with Gasteiger partial charge < -0.3 is 14.8 Å². The van der Waals surface area contributed by atoms with Crippen molar-refractivity contribution >= 4 is 23.1 Å². The molecule has 0 unspecified atom stereocenters. The number of ether oxygens (including phenoxy) is 2. The van der Waals surface area contributed by atoms with Crippen LogP contribution in [0.5, 0.6) is 5.75 Å². The smallest absolute Gasteiger partial charge is 0.261 e. The van der Waals surface area contributed by atoms with Gasteiger partial charge in [0.15, 0.2) is 0 Å². The minimum Gasteiger partial charge on any atom is -0.488 e. The highest BCUT2D eigenvalue weighted by atomic mass is 32.1. The van der Waals surface area contributed by atoms with Gasteiger partial charge in [0.1, 0.15) is 17.2 Å². The Labute approximate surface area is 119 Å². The van der Waals surface area contributed by atoms with E-state index >= 15 is 0 Å². The summed E-state index contributed by atoms with van der Waals surface area (Å²) < 4.78 is 24.4. The Morgan fingerprint density at radius 2 is 1.89 bits per heavy atom. The number of halogens is 1. The van der Waals surface area contributed by atoms with Crippen molar-refractivity contribution in [1.82, 2.24) is 0 Å². The second-order valence-electron chi connectivity index (χ2n) is 5.47. The van der Waals surface area contributed by atoms with Crippen molar-refractivity contribution in [3.8, 4) is 5.75 Å². The van der Waals surface area contributed by atoms with E-state index in [9.17, 15) is 4.39 Å². The molecule has 5 heteroatoms. The maximum Gasteiger partial charge on any atom is 0.261 e. The highest BCUT2D eigenvalue weighted by molar-refractivity contribution is 7.80. The fraction of sp³-hybridized carbons (Fsp3) is 0.500. The van der Waals surface area contributed by atoms with Crippen LogP contribution < -0.4 is 10.1 Å². The van der Waals surface area contributed by atoms with Gasteiger partial charge in [-0.25, -0.2) is 4.39 Å². The number of hydrogen-bond donors (Lipinski definition) is 1. The van der Waals surface area contributed by atoms with E-state index in [2.05, 4.69) is 5.32 Å². The molecule has 1 aromatic rings. The number of anilines is 1. The van der Waals surface area contributed by atoms with Gasteiger partial charge in [-0.1, -0.05) is 0 Å². The van der Waals surface area contributed by atoms with Crippen molar-refractivity contribution < 1.29 is 13.9 Å². The lowest BCUT2D eigenvalue weighted by Crippen LogP contribution is -2.23. The Bertz CT molecular complexity index is 455. The summed E-state index contributed by atoms with van der Waals surface area (Å²) in [5.74, 6) is 0.0546. The van der Waals surface area contributed by atoms with E-state index in [4.69, 9.17) is 21.7 Å². The van der Waals surface area contributed by atoms with Gasteiger partial charge in [-0.05, 0) is 52.9 Å². The van der Waals surface area contributed by atoms with Crippen molar-refractivity contribution in [2.45, 2.75) is 46.3 Å². The number of hydrogen-bond acceptors (Lipinski definition) is 3. The molecule has 0 spiro atoms. The van der Waals surface area contributed by atoms with Crippen LogP contribution in [0.2, 0.25) is 0 Å². The van der Waals surface area contributed by atoms with E-state index in [1.54, 1.807) is 6.07 Å². The number of rotatable bonds is 3. The molecule has 0 radical (unpaired) electrons. The topological polar surface area (TPSA) is 30.5 Å². The zero-order valence-corrected chi connectivity index (χ0v) is 12.7. The average molecular weight is 285 g/mol. The molecular formula is C14H20FNO2S. The minimum absolute atomic E-state index is 0.0288. The lowest BCUT2D eigenvalue weighted by molar-refractivity contribution is 0.130. The summed E-state index contributed by atoms with van der Waals surface area (Å²) in [5, 5.41) is 3.04. The molecule has 0 atom stereocenters. The molecule has 0 heterocycles. The highest BCUT2D eigenvalue weighted by Crippen LogP contribution is 2.24. The van der Waals surface area contributed by atoms with E-state index in [1.807, 2.05) is 34.6 Å². The van der Waals surface area contributed by atoms with E-state index in [0.29, 0.717) is 11.4 Å². The third kappa shape index (κ3) is 6.38. The first-order valence-electron chi connectivity index (χ1n) is 6.13. The zero-order valence-electron chi connectivity index (χ0n) is 11.9. The second-order valence-corrected chi connectivity index (χ2v) is 5.84. The van der Waals surface area contributed by atoms with E-state index < -0.39 is 5.82 Å².